The predicted molar refractivity (Wildman–Crippen MR) is 112 cm³/mol. The molecule has 1 heterocycles. The highest BCUT2D eigenvalue weighted by molar-refractivity contribution is 6.05. The van der Waals surface area contributed by atoms with E-state index in [1.807, 2.05) is 84.9 Å². The average molecular weight is 367 g/mol. The molecule has 0 saturated carbocycles. The van der Waals surface area contributed by atoms with Crippen LogP contribution >= 0.6 is 0 Å². The first-order chi connectivity index (χ1) is 13.8. The standard InChI is InChI=1S/C24H21N3O/c1-2-20(17-11-5-3-6-12-17)26-24(28)22-19-15-9-10-16-21(19)25-23(27-22)18-13-7-4-8-14-18/h3-16,20H,2H2,1H3,(H,26,28). The fourth-order valence-electron chi connectivity index (χ4n) is 3.30. The number of para-hydroxylation sites is 1. The number of aromatic nitrogens is 2. The largest absolute Gasteiger partial charge is 0.344 e. The third kappa shape index (κ3) is 3.62. The fourth-order valence-corrected chi connectivity index (χ4v) is 3.30. The van der Waals surface area contributed by atoms with Crippen LogP contribution in [-0.4, -0.2) is 15.9 Å². The van der Waals surface area contributed by atoms with Gasteiger partial charge in [0.05, 0.1) is 11.6 Å². The minimum absolute atomic E-state index is 0.0670. The predicted octanol–water partition coefficient (Wildman–Crippen LogP) is 5.18. The molecule has 1 atom stereocenters. The molecule has 138 valence electrons. The third-order valence-corrected chi connectivity index (χ3v) is 4.77. The Morgan fingerprint density at radius 2 is 1.50 bits per heavy atom. The van der Waals surface area contributed by atoms with E-state index in [2.05, 4.69) is 22.2 Å². The van der Waals surface area contributed by atoms with Crippen molar-refractivity contribution >= 4 is 16.8 Å². The van der Waals surface area contributed by atoms with E-state index >= 15 is 0 Å². The quantitative estimate of drug-likeness (QED) is 0.529. The van der Waals surface area contributed by atoms with Crippen molar-refractivity contribution < 1.29 is 4.79 Å². The van der Waals surface area contributed by atoms with Crippen molar-refractivity contribution in [2.45, 2.75) is 19.4 Å². The molecule has 0 aliphatic heterocycles. The van der Waals surface area contributed by atoms with E-state index < -0.39 is 0 Å². The summed E-state index contributed by atoms with van der Waals surface area (Å²) < 4.78 is 0. The monoisotopic (exact) mass is 367 g/mol. The van der Waals surface area contributed by atoms with Gasteiger partial charge in [-0.05, 0) is 18.1 Å². The molecule has 1 unspecified atom stereocenters. The molecule has 0 aliphatic rings. The van der Waals surface area contributed by atoms with Crippen LogP contribution in [0.3, 0.4) is 0 Å². The van der Waals surface area contributed by atoms with Crippen molar-refractivity contribution in [1.29, 1.82) is 0 Å². The molecular formula is C24H21N3O. The molecule has 28 heavy (non-hydrogen) atoms. The molecule has 1 aromatic heterocycles. The number of hydrogen-bond donors (Lipinski definition) is 1. The third-order valence-electron chi connectivity index (χ3n) is 4.77. The maximum atomic E-state index is 13.2. The van der Waals surface area contributed by atoms with Gasteiger partial charge in [0.1, 0.15) is 5.69 Å². The second-order valence-electron chi connectivity index (χ2n) is 6.62. The van der Waals surface area contributed by atoms with E-state index in [0.717, 1.165) is 28.5 Å². The van der Waals surface area contributed by atoms with E-state index in [-0.39, 0.29) is 11.9 Å². The highest BCUT2D eigenvalue weighted by Gasteiger charge is 2.19. The number of benzene rings is 3. The molecule has 4 aromatic rings. The summed E-state index contributed by atoms with van der Waals surface area (Å²) in [7, 11) is 0. The minimum atomic E-state index is -0.188. The lowest BCUT2D eigenvalue weighted by Gasteiger charge is -2.18. The molecule has 0 aliphatic carbocycles. The van der Waals surface area contributed by atoms with Crippen LogP contribution in [0.2, 0.25) is 0 Å². The zero-order valence-corrected chi connectivity index (χ0v) is 15.7. The zero-order valence-electron chi connectivity index (χ0n) is 15.7. The Labute approximate surface area is 164 Å². The van der Waals surface area contributed by atoms with Crippen LogP contribution in [0.1, 0.15) is 35.4 Å². The van der Waals surface area contributed by atoms with E-state index in [4.69, 9.17) is 0 Å². The molecule has 4 rings (SSSR count). The van der Waals surface area contributed by atoms with Crippen LogP contribution in [0.15, 0.2) is 84.9 Å². The van der Waals surface area contributed by atoms with Crippen LogP contribution < -0.4 is 5.32 Å². The van der Waals surface area contributed by atoms with Crippen LogP contribution in [-0.2, 0) is 0 Å². The number of hydrogen-bond acceptors (Lipinski definition) is 3. The van der Waals surface area contributed by atoms with Gasteiger partial charge in [-0.15, -0.1) is 0 Å². The lowest BCUT2D eigenvalue weighted by molar-refractivity contribution is 0.0932. The van der Waals surface area contributed by atoms with Crippen molar-refractivity contribution in [3.63, 3.8) is 0 Å². The van der Waals surface area contributed by atoms with Gasteiger partial charge in [0.25, 0.3) is 5.91 Å². The first-order valence-corrected chi connectivity index (χ1v) is 9.44. The van der Waals surface area contributed by atoms with Crippen LogP contribution in [0.25, 0.3) is 22.3 Å². The highest BCUT2D eigenvalue weighted by Crippen LogP contribution is 2.23. The summed E-state index contributed by atoms with van der Waals surface area (Å²) in [6.45, 7) is 2.06. The molecule has 1 N–H and O–H groups in total. The lowest BCUT2D eigenvalue weighted by Crippen LogP contribution is -2.29. The number of fused-ring (bicyclic) bond motifs is 1. The Balaban J connectivity index is 1.75. The van der Waals surface area contributed by atoms with E-state index in [0.29, 0.717) is 11.5 Å². The smallest absolute Gasteiger partial charge is 0.271 e. The molecule has 3 aromatic carbocycles. The Morgan fingerprint density at radius 3 is 2.21 bits per heavy atom. The minimum Gasteiger partial charge on any atom is -0.344 e. The van der Waals surface area contributed by atoms with Crippen molar-refractivity contribution in [2.75, 3.05) is 0 Å². The fraction of sp³-hybridized carbons (Fsp3) is 0.125. The van der Waals surface area contributed by atoms with E-state index in [1.165, 1.54) is 0 Å². The van der Waals surface area contributed by atoms with E-state index in [9.17, 15) is 4.79 Å². The number of carbonyl (C=O) groups is 1. The molecule has 0 fully saturated rings. The van der Waals surface area contributed by atoms with Gasteiger partial charge in [0, 0.05) is 10.9 Å². The molecule has 0 bridgehead atoms. The van der Waals surface area contributed by atoms with Crippen molar-refractivity contribution in [3.8, 4) is 11.4 Å². The molecular weight excluding hydrogens is 346 g/mol. The summed E-state index contributed by atoms with van der Waals surface area (Å²) in [4.78, 5) is 22.5. The van der Waals surface area contributed by atoms with Gasteiger partial charge in [-0.1, -0.05) is 85.8 Å². The molecule has 4 heteroatoms. The Hall–Kier alpha value is -3.53. The van der Waals surface area contributed by atoms with Crippen molar-refractivity contribution in [3.05, 3.63) is 96.2 Å². The number of nitrogens with one attached hydrogen (secondary N) is 1. The maximum Gasteiger partial charge on any atom is 0.271 e. The second kappa shape index (κ2) is 8.01. The first-order valence-electron chi connectivity index (χ1n) is 9.44. The van der Waals surface area contributed by atoms with Gasteiger partial charge in [-0.3, -0.25) is 4.79 Å². The van der Waals surface area contributed by atoms with Gasteiger partial charge in [-0.25, -0.2) is 9.97 Å². The number of nitrogens with zero attached hydrogens (tertiary/aromatic N) is 2. The van der Waals surface area contributed by atoms with Gasteiger partial charge in [0.2, 0.25) is 0 Å². The Bertz CT molecular complexity index is 1090. The number of carbonyl (C=O) groups excluding carboxylic acids is 1. The van der Waals surface area contributed by atoms with Gasteiger partial charge < -0.3 is 5.32 Å². The van der Waals surface area contributed by atoms with Crippen molar-refractivity contribution in [2.24, 2.45) is 0 Å². The van der Waals surface area contributed by atoms with Crippen LogP contribution in [0, 0.1) is 0 Å². The first kappa shape index (κ1) is 17.9. The van der Waals surface area contributed by atoms with E-state index in [1.54, 1.807) is 0 Å². The average Bonchev–Trinajstić information content (AvgIpc) is 2.77. The summed E-state index contributed by atoms with van der Waals surface area (Å²) in [5.74, 6) is 0.365. The van der Waals surface area contributed by atoms with Crippen LogP contribution in [0.5, 0.6) is 0 Å². The molecule has 4 nitrogen and oxygen atoms in total. The van der Waals surface area contributed by atoms with Gasteiger partial charge in [0.15, 0.2) is 5.82 Å². The number of amides is 1. The summed E-state index contributed by atoms with van der Waals surface area (Å²) >= 11 is 0. The van der Waals surface area contributed by atoms with Gasteiger partial charge in [-0.2, -0.15) is 0 Å². The van der Waals surface area contributed by atoms with Crippen LogP contribution in [0.4, 0.5) is 0 Å². The number of rotatable bonds is 5. The highest BCUT2D eigenvalue weighted by atomic mass is 16.1. The Morgan fingerprint density at radius 1 is 0.857 bits per heavy atom. The van der Waals surface area contributed by atoms with Crippen molar-refractivity contribution in [1.82, 2.24) is 15.3 Å². The lowest BCUT2D eigenvalue weighted by atomic mass is 10.0. The maximum absolute atomic E-state index is 13.2. The summed E-state index contributed by atoms with van der Waals surface area (Å²) in [6, 6.07) is 27.3. The molecule has 1 amide bonds. The summed E-state index contributed by atoms with van der Waals surface area (Å²) in [6.07, 6.45) is 0.796. The Kier molecular flexibility index (Phi) is 5.11. The normalized spacial score (nSPS) is 11.9. The summed E-state index contributed by atoms with van der Waals surface area (Å²) in [5.41, 5.74) is 3.13. The van der Waals surface area contributed by atoms with Gasteiger partial charge >= 0.3 is 0 Å². The zero-order chi connectivity index (χ0) is 19.3. The molecule has 0 saturated heterocycles. The molecule has 0 spiro atoms. The summed E-state index contributed by atoms with van der Waals surface area (Å²) in [5, 5.41) is 3.89. The topological polar surface area (TPSA) is 54.9 Å². The second-order valence-corrected chi connectivity index (χ2v) is 6.62. The SMILES string of the molecule is CCC(NC(=O)c1nc(-c2ccccc2)nc2ccccc12)c1ccccc1. The molecule has 0 radical (unpaired) electrons.